The summed E-state index contributed by atoms with van der Waals surface area (Å²) >= 11 is 0. The van der Waals surface area contributed by atoms with Crippen LogP contribution in [0.2, 0.25) is 0 Å². The minimum absolute atomic E-state index is 0.0717. The molecule has 4 nitrogen and oxygen atoms in total. The second-order valence-electron chi connectivity index (χ2n) is 5.19. The molecule has 0 saturated carbocycles. The van der Waals surface area contributed by atoms with Gasteiger partial charge in [0.05, 0.1) is 13.0 Å². The van der Waals surface area contributed by atoms with Gasteiger partial charge in [-0.2, -0.15) is 0 Å². The number of rotatable bonds is 6. The van der Waals surface area contributed by atoms with Crippen LogP contribution < -0.4 is 10.1 Å². The van der Waals surface area contributed by atoms with Crippen LogP contribution in [0.25, 0.3) is 10.9 Å². The van der Waals surface area contributed by atoms with Gasteiger partial charge in [-0.15, -0.1) is 0 Å². The summed E-state index contributed by atoms with van der Waals surface area (Å²) in [5.74, 6) is 0.0411. The Morgan fingerprint density at radius 3 is 2.91 bits per heavy atom. The third-order valence-electron chi connectivity index (χ3n) is 3.51. The van der Waals surface area contributed by atoms with Gasteiger partial charge in [0.1, 0.15) is 18.2 Å². The van der Waals surface area contributed by atoms with Crippen LogP contribution in [0, 0.1) is 5.82 Å². The van der Waals surface area contributed by atoms with Crippen molar-refractivity contribution >= 4 is 16.8 Å². The van der Waals surface area contributed by atoms with Crippen LogP contribution in [0.15, 0.2) is 54.7 Å². The number of benzene rings is 2. The maximum Gasteiger partial charge on any atom is 0.224 e. The van der Waals surface area contributed by atoms with Gasteiger partial charge in [-0.25, -0.2) is 4.39 Å². The van der Waals surface area contributed by atoms with Gasteiger partial charge in [-0.05, 0) is 23.8 Å². The molecule has 0 aliphatic rings. The number of halogens is 1. The van der Waals surface area contributed by atoms with Gasteiger partial charge in [0.2, 0.25) is 5.91 Å². The Morgan fingerprint density at radius 1 is 1.17 bits per heavy atom. The van der Waals surface area contributed by atoms with Gasteiger partial charge in [0.25, 0.3) is 0 Å². The first kappa shape index (κ1) is 15.1. The number of aromatic amines is 1. The standard InChI is InChI=1S/C18H17FN2O2/c19-14-4-3-5-15(11-14)23-9-8-20-18(22)10-13-12-21-17-7-2-1-6-16(13)17/h1-7,11-12,21H,8-10H2,(H,20,22). The van der Waals surface area contributed by atoms with Gasteiger partial charge < -0.3 is 15.0 Å². The summed E-state index contributed by atoms with van der Waals surface area (Å²) in [4.78, 5) is 15.1. The van der Waals surface area contributed by atoms with Gasteiger partial charge >= 0.3 is 0 Å². The maximum atomic E-state index is 13.0. The van der Waals surface area contributed by atoms with E-state index in [1.165, 1.54) is 12.1 Å². The van der Waals surface area contributed by atoms with Crippen molar-refractivity contribution in [3.63, 3.8) is 0 Å². The van der Waals surface area contributed by atoms with Gasteiger partial charge in [0, 0.05) is 23.2 Å². The Morgan fingerprint density at radius 2 is 2.04 bits per heavy atom. The Labute approximate surface area is 133 Å². The largest absolute Gasteiger partial charge is 0.492 e. The smallest absolute Gasteiger partial charge is 0.224 e. The van der Waals surface area contributed by atoms with Crippen molar-refractivity contribution in [1.29, 1.82) is 0 Å². The van der Waals surface area contributed by atoms with Crippen LogP contribution in [-0.2, 0) is 11.2 Å². The van der Waals surface area contributed by atoms with Crippen LogP contribution in [0.1, 0.15) is 5.56 Å². The lowest BCUT2D eigenvalue weighted by Gasteiger charge is -2.07. The normalized spacial score (nSPS) is 10.7. The summed E-state index contributed by atoms with van der Waals surface area (Å²) in [6.45, 7) is 0.667. The van der Waals surface area contributed by atoms with E-state index in [2.05, 4.69) is 10.3 Å². The van der Waals surface area contributed by atoms with Crippen LogP contribution in [0.5, 0.6) is 5.75 Å². The first-order valence-corrected chi connectivity index (χ1v) is 7.42. The molecule has 0 unspecified atom stereocenters. The van der Waals surface area contributed by atoms with E-state index in [1.54, 1.807) is 12.1 Å². The zero-order chi connectivity index (χ0) is 16.1. The van der Waals surface area contributed by atoms with Crippen LogP contribution >= 0.6 is 0 Å². The Balaban J connectivity index is 1.46. The number of hydrogen-bond acceptors (Lipinski definition) is 2. The van der Waals surface area contributed by atoms with Gasteiger partial charge in [0.15, 0.2) is 0 Å². The summed E-state index contributed by atoms with van der Waals surface area (Å²) in [6.07, 6.45) is 2.16. The lowest BCUT2D eigenvalue weighted by molar-refractivity contribution is -0.120. The number of H-pyrrole nitrogens is 1. The van der Waals surface area contributed by atoms with E-state index >= 15 is 0 Å². The number of fused-ring (bicyclic) bond motifs is 1. The van der Waals surface area contributed by atoms with Crippen LogP contribution in [0.4, 0.5) is 4.39 Å². The summed E-state index contributed by atoms with van der Waals surface area (Å²) < 4.78 is 18.4. The average Bonchev–Trinajstić information content (AvgIpc) is 2.95. The highest BCUT2D eigenvalue weighted by Gasteiger charge is 2.08. The van der Waals surface area contributed by atoms with E-state index in [0.29, 0.717) is 25.3 Å². The summed E-state index contributed by atoms with van der Waals surface area (Å²) in [5.41, 5.74) is 1.98. The first-order chi connectivity index (χ1) is 11.2. The highest BCUT2D eigenvalue weighted by molar-refractivity contribution is 5.88. The van der Waals surface area contributed by atoms with Gasteiger partial charge in [-0.3, -0.25) is 4.79 Å². The molecule has 1 aromatic heterocycles. The number of carbonyl (C=O) groups excluding carboxylic acids is 1. The van der Waals surface area contributed by atoms with Crippen molar-refractivity contribution in [2.45, 2.75) is 6.42 Å². The molecule has 118 valence electrons. The van der Waals surface area contributed by atoms with Crippen molar-refractivity contribution in [3.8, 4) is 5.75 Å². The number of hydrogen-bond donors (Lipinski definition) is 2. The van der Waals surface area contributed by atoms with Crippen molar-refractivity contribution in [2.24, 2.45) is 0 Å². The molecular weight excluding hydrogens is 295 g/mol. The Hall–Kier alpha value is -2.82. The van der Waals surface area contributed by atoms with E-state index in [1.807, 2.05) is 30.5 Å². The molecule has 3 aromatic rings. The van der Waals surface area contributed by atoms with E-state index in [0.717, 1.165) is 16.5 Å². The van der Waals surface area contributed by atoms with Crippen LogP contribution in [0.3, 0.4) is 0 Å². The Bertz CT molecular complexity index is 813. The molecule has 0 saturated heterocycles. The summed E-state index contributed by atoms with van der Waals surface area (Å²) in [7, 11) is 0. The lowest BCUT2D eigenvalue weighted by Crippen LogP contribution is -2.29. The molecular formula is C18H17FN2O2. The molecule has 3 rings (SSSR count). The topological polar surface area (TPSA) is 54.1 Å². The number of carbonyl (C=O) groups is 1. The number of aromatic nitrogens is 1. The summed E-state index contributed by atoms with van der Waals surface area (Å²) in [6, 6.07) is 13.8. The highest BCUT2D eigenvalue weighted by Crippen LogP contribution is 2.17. The molecule has 5 heteroatoms. The molecule has 0 fully saturated rings. The molecule has 0 radical (unpaired) electrons. The molecule has 0 atom stereocenters. The second-order valence-corrected chi connectivity index (χ2v) is 5.19. The molecule has 0 spiro atoms. The fraction of sp³-hybridized carbons (Fsp3) is 0.167. The predicted molar refractivity (Wildman–Crippen MR) is 86.9 cm³/mol. The highest BCUT2D eigenvalue weighted by atomic mass is 19.1. The third-order valence-corrected chi connectivity index (χ3v) is 3.51. The van der Waals surface area contributed by atoms with E-state index < -0.39 is 0 Å². The SMILES string of the molecule is O=C(Cc1c[nH]c2ccccc12)NCCOc1cccc(F)c1. The minimum Gasteiger partial charge on any atom is -0.492 e. The van der Waals surface area contributed by atoms with Crippen molar-refractivity contribution in [2.75, 3.05) is 13.2 Å². The van der Waals surface area contributed by atoms with Gasteiger partial charge in [-0.1, -0.05) is 24.3 Å². The van der Waals surface area contributed by atoms with E-state index in [4.69, 9.17) is 4.74 Å². The lowest BCUT2D eigenvalue weighted by atomic mass is 10.1. The van der Waals surface area contributed by atoms with Crippen molar-refractivity contribution < 1.29 is 13.9 Å². The van der Waals surface area contributed by atoms with Crippen molar-refractivity contribution in [1.82, 2.24) is 10.3 Å². The fourth-order valence-corrected chi connectivity index (χ4v) is 2.43. The number of para-hydroxylation sites is 1. The molecule has 0 aliphatic carbocycles. The number of amides is 1. The molecule has 1 amide bonds. The number of nitrogens with one attached hydrogen (secondary N) is 2. The molecule has 1 heterocycles. The number of ether oxygens (including phenoxy) is 1. The third kappa shape index (κ3) is 3.88. The predicted octanol–water partition coefficient (Wildman–Crippen LogP) is 3.04. The zero-order valence-electron chi connectivity index (χ0n) is 12.5. The monoisotopic (exact) mass is 312 g/mol. The molecule has 23 heavy (non-hydrogen) atoms. The average molecular weight is 312 g/mol. The quantitative estimate of drug-likeness (QED) is 0.687. The molecule has 2 N–H and O–H groups in total. The first-order valence-electron chi connectivity index (χ1n) is 7.42. The zero-order valence-corrected chi connectivity index (χ0v) is 12.5. The van der Waals surface area contributed by atoms with Crippen LogP contribution in [-0.4, -0.2) is 24.0 Å². The molecule has 2 aromatic carbocycles. The maximum absolute atomic E-state index is 13.0. The second kappa shape index (κ2) is 6.96. The van der Waals surface area contributed by atoms with Crippen molar-refractivity contribution in [3.05, 3.63) is 66.1 Å². The molecule has 0 bridgehead atoms. The van der Waals surface area contributed by atoms with E-state index in [-0.39, 0.29) is 11.7 Å². The fourth-order valence-electron chi connectivity index (χ4n) is 2.43. The Kier molecular flexibility index (Phi) is 4.57. The minimum atomic E-state index is -0.342. The van der Waals surface area contributed by atoms with E-state index in [9.17, 15) is 9.18 Å². The summed E-state index contributed by atoms with van der Waals surface area (Å²) in [5, 5.41) is 3.85. The molecule has 0 aliphatic heterocycles.